The van der Waals surface area contributed by atoms with E-state index in [1.807, 2.05) is 23.1 Å². The second-order valence-corrected chi connectivity index (χ2v) is 7.61. The molecule has 6 heteroatoms. The summed E-state index contributed by atoms with van der Waals surface area (Å²) in [7, 11) is 0. The molecule has 4 rings (SSSR count). The summed E-state index contributed by atoms with van der Waals surface area (Å²) >= 11 is 0. The quantitative estimate of drug-likeness (QED) is 0.815. The van der Waals surface area contributed by atoms with Gasteiger partial charge >= 0.3 is 0 Å². The number of rotatable bonds is 6. The lowest BCUT2D eigenvalue weighted by molar-refractivity contribution is -0.131. The van der Waals surface area contributed by atoms with Crippen molar-refractivity contribution >= 4 is 17.3 Å². The maximum Gasteiger partial charge on any atom is 0.241 e. The SMILES string of the molecule is O=C(CNc1ccccc1N1CCOCC1)N1CCN(Cc2ccccc2)CC1. The fraction of sp³-hybridized carbons (Fsp3) is 0.435. The molecule has 0 atom stereocenters. The predicted molar refractivity (Wildman–Crippen MR) is 116 cm³/mol. The predicted octanol–water partition coefficient (Wildman–Crippen LogP) is 2.28. The number of benzene rings is 2. The Morgan fingerprint density at radius 3 is 2.31 bits per heavy atom. The minimum Gasteiger partial charge on any atom is -0.378 e. The lowest BCUT2D eigenvalue weighted by Crippen LogP contribution is -2.49. The number of para-hydroxylation sites is 2. The van der Waals surface area contributed by atoms with Crippen molar-refractivity contribution in [1.29, 1.82) is 0 Å². The summed E-state index contributed by atoms with van der Waals surface area (Å²) in [5.41, 5.74) is 3.50. The van der Waals surface area contributed by atoms with Gasteiger partial charge in [-0.25, -0.2) is 0 Å². The van der Waals surface area contributed by atoms with Crippen LogP contribution in [0.2, 0.25) is 0 Å². The molecule has 0 radical (unpaired) electrons. The first kappa shape index (κ1) is 19.7. The molecule has 0 spiro atoms. The standard InChI is InChI=1S/C23H30N4O2/c28-23(27-12-10-25(11-13-27)19-20-6-2-1-3-7-20)18-24-21-8-4-5-9-22(21)26-14-16-29-17-15-26/h1-9,24H,10-19H2. The molecule has 6 nitrogen and oxygen atoms in total. The Morgan fingerprint density at radius 2 is 1.55 bits per heavy atom. The van der Waals surface area contributed by atoms with Gasteiger partial charge in [-0.1, -0.05) is 42.5 Å². The molecule has 0 aromatic heterocycles. The Labute approximate surface area is 173 Å². The average molecular weight is 395 g/mol. The van der Waals surface area contributed by atoms with Gasteiger partial charge in [0.05, 0.1) is 31.1 Å². The maximum atomic E-state index is 12.7. The summed E-state index contributed by atoms with van der Waals surface area (Å²) in [6.07, 6.45) is 0. The molecule has 2 fully saturated rings. The fourth-order valence-electron chi connectivity index (χ4n) is 3.98. The summed E-state index contributed by atoms with van der Waals surface area (Å²) in [5, 5.41) is 3.37. The molecule has 2 aromatic carbocycles. The summed E-state index contributed by atoms with van der Waals surface area (Å²) < 4.78 is 5.46. The number of anilines is 2. The number of hydrogen-bond donors (Lipinski definition) is 1. The molecule has 2 aliphatic heterocycles. The first-order valence-electron chi connectivity index (χ1n) is 10.5. The minimum absolute atomic E-state index is 0.168. The Hall–Kier alpha value is -2.57. The van der Waals surface area contributed by atoms with E-state index in [9.17, 15) is 4.79 Å². The molecular formula is C23H30N4O2. The van der Waals surface area contributed by atoms with Gasteiger partial charge in [0.15, 0.2) is 0 Å². The third kappa shape index (κ3) is 5.28. The molecular weight excluding hydrogens is 364 g/mol. The number of hydrogen-bond acceptors (Lipinski definition) is 5. The van der Waals surface area contributed by atoms with Gasteiger partial charge in [-0.05, 0) is 17.7 Å². The monoisotopic (exact) mass is 394 g/mol. The second kappa shape index (κ2) is 9.76. The third-order valence-corrected chi connectivity index (χ3v) is 5.66. The average Bonchev–Trinajstić information content (AvgIpc) is 2.79. The molecule has 2 aliphatic rings. The van der Waals surface area contributed by atoms with Crippen molar-refractivity contribution in [2.24, 2.45) is 0 Å². The van der Waals surface area contributed by atoms with Crippen LogP contribution in [0.3, 0.4) is 0 Å². The van der Waals surface area contributed by atoms with E-state index in [1.165, 1.54) is 5.56 Å². The molecule has 2 heterocycles. The summed E-state index contributed by atoms with van der Waals surface area (Å²) in [4.78, 5) is 19.4. The van der Waals surface area contributed by atoms with E-state index in [0.717, 1.165) is 70.4 Å². The molecule has 1 N–H and O–H groups in total. The zero-order valence-electron chi connectivity index (χ0n) is 16.9. The van der Waals surface area contributed by atoms with E-state index in [0.29, 0.717) is 6.54 Å². The molecule has 2 saturated heterocycles. The summed E-state index contributed by atoms with van der Waals surface area (Å²) in [5.74, 6) is 0.168. The smallest absolute Gasteiger partial charge is 0.241 e. The highest BCUT2D eigenvalue weighted by atomic mass is 16.5. The van der Waals surface area contributed by atoms with Crippen LogP contribution in [0.15, 0.2) is 54.6 Å². The van der Waals surface area contributed by atoms with Crippen molar-refractivity contribution in [3.8, 4) is 0 Å². The Kier molecular flexibility index (Phi) is 6.64. The van der Waals surface area contributed by atoms with Crippen LogP contribution in [0.1, 0.15) is 5.56 Å². The van der Waals surface area contributed by atoms with Gasteiger partial charge in [-0.15, -0.1) is 0 Å². The largest absolute Gasteiger partial charge is 0.378 e. The number of nitrogens with one attached hydrogen (secondary N) is 1. The highest BCUT2D eigenvalue weighted by Gasteiger charge is 2.21. The number of carbonyl (C=O) groups is 1. The van der Waals surface area contributed by atoms with Crippen LogP contribution < -0.4 is 10.2 Å². The minimum atomic E-state index is 0.168. The van der Waals surface area contributed by atoms with Gasteiger partial charge in [-0.2, -0.15) is 0 Å². The van der Waals surface area contributed by atoms with Crippen LogP contribution in [-0.4, -0.2) is 74.7 Å². The Bertz CT molecular complexity index is 784. The topological polar surface area (TPSA) is 48.1 Å². The van der Waals surface area contributed by atoms with E-state index in [-0.39, 0.29) is 5.91 Å². The molecule has 0 bridgehead atoms. The number of amides is 1. The number of piperazine rings is 1. The lowest BCUT2D eigenvalue weighted by atomic mass is 10.2. The normalized spacial score (nSPS) is 17.9. The van der Waals surface area contributed by atoms with Crippen molar-refractivity contribution < 1.29 is 9.53 Å². The van der Waals surface area contributed by atoms with Gasteiger partial charge in [-0.3, -0.25) is 9.69 Å². The third-order valence-electron chi connectivity index (χ3n) is 5.66. The second-order valence-electron chi connectivity index (χ2n) is 7.61. The molecule has 0 aliphatic carbocycles. The highest BCUT2D eigenvalue weighted by Crippen LogP contribution is 2.26. The van der Waals surface area contributed by atoms with E-state index in [2.05, 4.69) is 51.5 Å². The molecule has 0 saturated carbocycles. The number of nitrogens with zero attached hydrogens (tertiary/aromatic N) is 3. The van der Waals surface area contributed by atoms with E-state index >= 15 is 0 Å². The van der Waals surface area contributed by atoms with E-state index < -0.39 is 0 Å². The van der Waals surface area contributed by atoms with Crippen molar-refractivity contribution in [3.05, 3.63) is 60.2 Å². The van der Waals surface area contributed by atoms with Crippen molar-refractivity contribution in [3.63, 3.8) is 0 Å². The van der Waals surface area contributed by atoms with Crippen LogP contribution >= 0.6 is 0 Å². The molecule has 154 valence electrons. The number of carbonyl (C=O) groups excluding carboxylic acids is 1. The van der Waals surface area contributed by atoms with Gasteiger partial charge in [0.1, 0.15) is 0 Å². The number of ether oxygens (including phenoxy) is 1. The zero-order valence-corrected chi connectivity index (χ0v) is 16.9. The molecule has 1 amide bonds. The zero-order chi connectivity index (χ0) is 19.9. The van der Waals surface area contributed by atoms with Crippen LogP contribution in [-0.2, 0) is 16.1 Å². The fourth-order valence-corrected chi connectivity index (χ4v) is 3.98. The van der Waals surface area contributed by atoms with E-state index in [4.69, 9.17) is 4.74 Å². The highest BCUT2D eigenvalue weighted by molar-refractivity contribution is 5.83. The van der Waals surface area contributed by atoms with Gasteiger partial charge in [0.25, 0.3) is 0 Å². The first-order chi connectivity index (χ1) is 14.3. The van der Waals surface area contributed by atoms with Gasteiger partial charge in [0.2, 0.25) is 5.91 Å². The molecule has 29 heavy (non-hydrogen) atoms. The van der Waals surface area contributed by atoms with Crippen molar-refractivity contribution in [2.45, 2.75) is 6.54 Å². The number of morpholine rings is 1. The van der Waals surface area contributed by atoms with Crippen LogP contribution in [0.5, 0.6) is 0 Å². The molecule has 2 aromatic rings. The van der Waals surface area contributed by atoms with Crippen molar-refractivity contribution in [2.75, 3.05) is 69.2 Å². The summed E-state index contributed by atoms with van der Waals surface area (Å²) in [6, 6.07) is 18.7. The lowest BCUT2D eigenvalue weighted by Gasteiger charge is -2.35. The van der Waals surface area contributed by atoms with Gasteiger partial charge < -0.3 is 19.9 Å². The first-order valence-corrected chi connectivity index (χ1v) is 10.5. The van der Waals surface area contributed by atoms with Crippen molar-refractivity contribution in [1.82, 2.24) is 9.80 Å². The summed E-state index contributed by atoms with van der Waals surface area (Å²) in [6.45, 7) is 7.98. The molecule has 0 unspecified atom stereocenters. The van der Waals surface area contributed by atoms with Gasteiger partial charge in [0, 0.05) is 45.8 Å². The van der Waals surface area contributed by atoms with E-state index in [1.54, 1.807) is 0 Å². The van der Waals surface area contributed by atoms with Crippen LogP contribution in [0.4, 0.5) is 11.4 Å². The maximum absolute atomic E-state index is 12.7. The van der Waals surface area contributed by atoms with Crippen LogP contribution in [0, 0.1) is 0 Å². The van der Waals surface area contributed by atoms with Crippen LogP contribution in [0.25, 0.3) is 0 Å². The Morgan fingerprint density at radius 1 is 0.862 bits per heavy atom. The Balaban J connectivity index is 1.26.